The van der Waals surface area contributed by atoms with Crippen LogP contribution in [-0.4, -0.2) is 23.8 Å². The Labute approximate surface area is 111 Å². The number of nitrogens with one attached hydrogen (secondary N) is 1. The molecule has 2 rings (SSSR count). The van der Waals surface area contributed by atoms with Gasteiger partial charge in [-0.1, -0.05) is 12.1 Å². The third-order valence-corrected chi connectivity index (χ3v) is 2.59. The van der Waals surface area contributed by atoms with Crippen molar-refractivity contribution in [1.82, 2.24) is 9.99 Å². The number of amides is 1. The number of nitrogens with zero attached hydrogens (tertiary/aromatic N) is 2. The second kappa shape index (κ2) is 5.86. The number of carbonyl (C=O) groups is 1. The van der Waals surface area contributed by atoms with Crippen molar-refractivity contribution in [2.45, 2.75) is 0 Å². The molecule has 0 fully saturated rings. The molecular weight excluding hydrogens is 242 g/mol. The van der Waals surface area contributed by atoms with E-state index in [0.717, 1.165) is 5.56 Å². The molecule has 0 aliphatic rings. The van der Waals surface area contributed by atoms with Gasteiger partial charge in [0, 0.05) is 25.0 Å². The molecule has 1 N–H and O–H groups in total. The summed E-state index contributed by atoms with van der Waals surface area (Å²) in [5, 5.41) is 3.91. The van der Waals surface area contributed by atoms with Crippen LogP contribution in [0.1, 0.15) is 15.9 Å². The number of hydrogen-bond acceptors (Lipinski definition) is 3. The minimum atomic E-state index is -0.301. The van der Waals surface area contributed by atoms with Gasteiger partial charge >= 0.3 is 0 Å². The van der Waals surface area contributed by atoms with Gasteiger partial charge in [0.1, 0.15) is 5.75 Å². The summed E-state index contributed by atoms with van der Waals surface area (Å²) in [5.41, 5.74) is 3.85. The Bertz CT molecular complexity index is 602. The third kappa shape index (κ3) is 3.22. The molecule has 1 amide bonds. The molecule has 1 aromatic heterocycles. The molecule has 0 radical (unpaired) electrons. The van der Waals surface area contributed by atoms with Crippen molar-refractivity contribution in [3.05, 3.63) is 53.9 Å². The number of benzene rings is 1. The number of para-hydroxylation sites is 1. The molecule has 5 nitrogen and oxygen atoms in total. The molecule has 0 unspecified atom stereocenters. The van der Waals surface area contributed by atoms with Crippen molar-refractivity contribution >= 4 is 12.1 Å². The second-order valence-corrected chi connectivity index (χ2v) is 4.01. The predicted octanol–water partition coefficient (Wildman–Crippen LogP) is 1.80. The fraction of sp³-hybridized carbons (Fsp3) is 0.143. The van der Waals surface area contributed by atoms with Crippen LogP contribution in [0.4, 0.5) is 0 Å². The van der Waals surface area contributed by atoms with Crippen molar-refractivity contribution < 1.29 is 9.53 Å². The maximum Gasteiger partial charge on any atom is 0.275 e. The van der Waals surface area contributed by atoms with E-state index in [4.69, 9.17) is 4.74 Å². The molecule has 0 saturated carbocycles. The summed E-state index contributed by atoms with van der Waals surface area (Å²) < 4.78 is 7.02. The number of aromatic nitrogens is 1. The zero-order valence-electron chi connectivity index (χ0n) is 10.8. The van der Waals surface area contributed by atoms with E-state index in [0.29, 0.717) is 11.3 Å². The molecule has 0 bridgehead atoms. The summed E-state index contributed by atoms with van der Waals surface area (Å²) in [6.07, 6.45) is 5.40. The van der Waals surface area contributed by atoms with Gasteiger partial charge in [-0.3, -0.25) is 4.79 Å². The first kappa shape index (κ1) is 12.9. The molecule has 0 aliphatic carbocycles. The first-order chi connectivity index (χ1) is 9.20. The van der Waals surface area contributed by atoms with Gasteiger partial charge in [0.15, 0.2) is 0 Å². The number of carbonyl (C=O) groups excluding carboxylic acids is 1. The van der Waals surface area contributed by atoms with Crippen LogP contribution in [-0.2, 0) is 7.05 Å². The van der Waals surface area contributed by atoms with Crippen LogP contribution < -0.4 is 10.2 Å². The average Bonchev–Trinajstić information content (AvgIpc) is 2.84. The largest absolute Gasteiger partial charge is 0.496 e. The summed E-state index contributed by atoms with van der Waals surface area (Å²) in [7, 11) is 3.45. The highest BCUT2D eigenvalue weighted by Gasteiger charge is 2.09. The fourth-order valence-electron chi connectivity index (χ4n) is 1.66. The van der Waals surface area contributed by atoms with Crippen molar-refractivity contribution in [3.8, 4) is 5.75 Å². The Balaban J connectivity index is 2.03. The number of ether oxygens (including phenoxy) is 1. The van der Waals surface area contributed by atoms with Crippen LogP contribution in [0.2, 0.25) is 0 Å². The Morgan fingerprint density at radius 1 is 1.37 bits per heavy atom. The normalized spacial score (nSPS) is 10.6. The molecule has 19 heavy (non-hydrogen) atoms. The van der Waals surface area contributed by atoms with E-state index < -0.39 is 0 Å². The molecule has 0 spiro atoms. The Hall–Kier alpha value is -2.56. The van der Waals surface area contributed by atoms with Crippen molar-refractivity contribution in [1.29, 1.82) is 0 Å². The minimum Gasteiger partial charge on any atom is -0.496 e. The zero-order valence-corrected chi connectivity index (χ0v) is 10.8. The number of hydrazone groups is 1. The number of methoxy groups -OCH3 is 1. The third-order valence-electron chi connectivity index (χ3n) is 2.59. The van der Waals surface area contributed by atoms with E-state index >= 15 is 0 Å². The van der Waals surface area contributed by atoms with Crippen molar-refractivity contribution in [2.24, 2.45) is 12.1 Å². The molecular formula is C14H15N3O2. The topological polar surface area (TPSA) is 55.6 Å². The van der Waals surface area contributed by atoms with Gasteiger partial charge in [0.25, 0.3) is 5.91 Å². The number of rotatable bonds is 4. The molecule has 1 heterocycles. The van der Waals surface area contributed by atoms with E-state index in [2.05, 4.69) is 10.5 Å². The number of aryl methyl sites for hydroxylation is 1. The highest BCUT2D eigenvalue weighted by molar-refractivity contribution is 5.97. The zero-order chi connectivity index (χ0) is 13.7. The minimum absolute atomic E-state index is 0.301. The average molecular weight is 257 g/mol. The number of hydrogen-bond donors (Lipinski definition) is 1. The fourth-order valence-corrected chi connectivity index (χ4v) is 1.66. The van der Waals surface area contributed by atoms with Crippen LogP contribution in [0, 0.1) is 0 Å². The van der Waals surface area contributed by atoms with Gasteiger partial charge in [-0.15, -0.1) is 0 Å². The smallest absolute Gasteiger partial charge is 0.275 e. The van der Waals surface area contributed by atoms with E-state index in [1.54, 1.807) is 24.4 Å². The summed E-state index contributed by atoms with van der Waals surface area (Å²) in [5.74, 6) is 0.222. The van der Waals surface area contributed by atoms with E-state index in [9.17, 15) is 4.79 Å². The maximum atomic E-state index is 11.9. The summed E-state index contributed by atoms with van der Waals surface area (Å²) in [6, 6.07) is 8.90. The molecule has 0 atom stereocenters. The lowest BCUT2D eigenvalue weighted by Crippen LogP contribution is -2.18. The van der Waals surface area contributed by atoms with Gasteiger partial charge in [-0.05, 0) is 18.2 Å². The highest BCUT2D eigenvalue weighted by Crippen LogP contribution is 2.16. The molecule has 1 aromatic carbocycles. The predicted molar refractivity (Wildman–Crippen MR) is 73.5 cm³/mol. The van der Waals surface area contributed by atoms with Gasteiger partial charge in [-0.2, -0.15) is 5.10 Å². The van der Waals surface area contributed by atoms with E-state index in [1.165, 1.54) is 7.11 Å². The monoisotopic (exact) mass is 257 g/mol. The summed E-state index contributed by atoms with van der Waals surface area (Å²) in [6.45, 7) is 0. The molecule has 5 heteroatoms. The van der Waals surface area contributed by atoms with E-state index in [-0.39, 0.29) is 5.91 Å². The van der Waals surface area contributed by atoms with Gasteiger partial charge in [0.05, 0.1) is 18.9 Å². The molecule has 2 aromatic rings. The highest BCUT2D eigenvalue weighted by atomic mass is 16.5. The summed E-state index contributed by atoms with van der Waals surface area (Å²) >= 11 is 0. The van der Waals surface area contributed by atoms with E-state index in [1.807, 2.05) is 36.1 Å². The molecule has 0 aliphatic heterocycles. The lowest BCUT2D eigenvalue weighted by atomic mass is 10.2. The van der Waals surface area contributed by atoms with Gasteiger partial charge < -0.3 is 9.30 Å². The lowest BCUT2D eigenvalue weighted by Gasteiger charge is -2.05. The first-order valence-electron chi connectivity index (χ1n) is 5.79. The van der Waals surface area contributed by atoms with Gasteiger partial charge in [-0.25, -0.2) is 5.43 Å². The SMILES string of the molecule is COc1ccccc1C(=O)N/N=C\c1ccn(C)c1. The molecule has 0 saturated heterocycles. The maximum absolute atomic E-state index is 11.9. The quantitative estimate of drug-likeness (QED) is 0.670. The lowest BCUT2D eigenvalue weighted by molar-refractivity contribution is 0.0952. The molecule has 98 valence electrons. The van der Waals surface area contributed by atoms with Gasteiger partial charge in [0.2, 0.25) is 0 Å². The standard InChI is InChI=1S/C14H15N3O2/c1-17-8-7-11(10-17)9-15-16-14(18)12-5-3-4-6-13(12)19-2/h3-10H,1-2H3,(H,16,18)/b15-9-. The Morgan fingerprint density at radius 3 is 2.84 bits per heavy atom. The van der Waals surface area contributed by atoms with Crippen LogP contribution in [0.3, 0.4) is 0 Å². The van der Waals surface area contributed by atoms with Crippen LogP contribution in [0.15, 0.2) is 47.8 Å². The van der Waals surface area contributed by atoms with Crippen LogP contribution >= 0.6 is 0 Å². The van der Waals surface area contributed by atoms with Crippen LogP contribution in [0.5, 0.6) is 5.75 Å². The summed E-state index contributed by atoms with van der Waals surface area (Å²) in [4.78, 5) is 11.9. The Morgan fingerprint density at radius 2 is 2.16 bits per heavy atom. The van der Waals surface area contributed by atoms with Crippen molar-refractivity contribution in [3.63, 3.8) is 0 Å². The first-order valence-corrected chi connectivity index (χ1v) is 5.79. The second-order valence-electron chi connectivity index (χ2n) is 4.01. The van der Waals surface area contributed by atoms with Crippen LogP contribution in [0.25, 0.3) is 0 Å². The Kier molecular flexibility index (Phi) is 3.97. The van der Waals surface area contributed by atoms with Crippen molar-refractivity contribution in [2.75, 3.05) is 7.11 Å².